The van der Waals surface area contributed by atoms with Crippen LogP contribution in [0.15, 0.2) is 0 Å². The van der Waals surface area contributed by atoms with Gasteiger partial charge >= 0.3 is 6.36 Å². The van der Waals surface area contributed by atoms with E-state index in [0.717, 1.165) is 11.8 Å². The number of alkyl halides is 3. The van der Waals surface area contributed by atoms with Crippen molar-refractivity contribution in [2.75, 3.05) is 12.2 Å². The lowest BCUT2D eigenvalue weighted by Crippen LogP contribution is -2.12. The Balaban J connectivity index is 3.11. The first-order valence-electron chi connectivity index (χ1n) is 1.76. The van der Waals surface area contributed by atoms with Crippen molar-refractivity contribution in [2.24, 2.45) is 0 Å². The predicted molar refractivity (Wildman–Crippen MR) is 25.5 cm³/mol. The van der Waals surface area contributed by atoms with Crippen LogP contribution < -0.4 is 0 Å². The molecule has 0 saturated heterocycles. The Morgan fingerprint density at radius 1 is 1.50 bits per heavy atom. The summed E-state index contributed by atoms with van der Waals surface area (Å²) in [6.45, 7) is 0. The lowest BCUT2D eigenvalue weighted by Gasteiger charge is -2.03. The number of thioether (sulfide) groups is 1. The van der Waals surface area contributed by atoms with Crippen LogP contribution >= 0.6 is 11.8 Å². The second kappa shape index (κ2) is 3.19. The monoisotopic (exact) mass is 146 g/mol. The maximum Gasteiger partial charge on any atom is 0.523 e. The van der Waals surface area contributed by atoms with Gasteiger partial charge in [-0.3, -0.25) is 4.74 Å². The molecule has 0 rings (SSSR count). The zero-order chi connectivity index (χ0) is 6.62. The third-order valence-electron chi connectivity index (χ3n) is 0.340. The molecule has 0 aliphatic heterocycles. The van der Waals surface area contributed by atoms with Crippen molar-refractivity contribution >= 4 is 11.8 Å². The Morgan fingerprint density at radius 3 is 2.12 bits per heavy atom. The van der Waals surface area contributed by atoms with E-state index in [4.69, 9.17) is 0 Å². The Kier molecular flexibility index (Phi) is 3.23. The van der Waals surface area contributed by atoms with Crippen LogP contribution in [0.1, 0.15) is 0 Å². The average molecular weight is 146 g/mol. The molecule has 0 saturated carbocycles. The van der Waals surface area contributed by atoms with Gasteiger partial charge in [-0.2, -0.15) is 0 Å². The van der Waals surface area contributed by atoms with E-state index in [1.165, 1.54) is 6.26 Å². The molecule has 0 heterocycles. The molecule has 0 fully saturated rings. The van der Waals surface area contributed by atoms with E-state index in [-0.39, 0.29) is 5.94 Å². The zero-order valence-electron chi connectivity index (χ0n) is 4.16. The first kappa shape index (κ1) is 8.10. The third-order valence-corrected chi connectivity index (χ3v) is 0.694. The minimum Gasteiger partial charge on any atom is -0.281 e. The van der Waals surface area contributed by atoms with Gasteiger partial charge in [0.25, 0.3) is 0 Å². The Morgan fingerprint density at radius 2 is 2.00 bits per heavy atom. The molecular formula is C3H5F3OS. The Labute approximate surface area is 49.2 Å². The smallest absolute Gasteiger partial charge is 0.281 e. The van der Waals surface area contributed by atoms with E-state index >= 15 is 0 Å². The number of hydrogen-bond donors (Lipinski definition) is 0. The molecule has 1 nitrogen and oxygen atoms in total. The van der Waals surface area contributed by atoms with Crippen molar-refractivity contribution in [2.45, 2.75) is 6.36 Å². The van der Waals surface area contributed by atoms with E-state index in [1.807, 2.05) is 0 Å². The first-order valence-corrected chi connectivity index (χ1v) is 3.15. The van der Waals surface area contributed by atoms with Crippen molar-refractivity contribution in [3.05, 3.63) is 0 Å². The summed E-state index contributed by atoms with van der Waals surface area (Å²) in [6, 6.07) is 0. The van der Waals surface area contributed by atoms with Gasteiger partial charge in [-0.05, 0) is 6.26 Å². The van der Waals surface area contributed by atoms with Crippen molar-refractivity contribution in [1.82, 2.24) is 0 Å². The van der Waals surface area contributed by atoms with Gasteiger partial charge in [-0.1, -0.05) is 0 Å². The summed E-state index contributed by atoms with van der Waals surface area (Å²) in [4.78, 5) is 0. The summed E-state index contributed by atoms with van der Waals surface area (Å²) in [7, 11) is 0. The van der Waals surface area contributed by atoms with Crippen LogP contribution in [0.2, 0.25) is 0 Å². The van der Waals surface area contributed by atoms with Crippen molar-refractivity contribution in [3.63, 3.8) is 0 Å². The number of hydrogen-bond acceptors (Lipinski definition) is 2. The number of rotatable bonds is 2. The molecule has 50 valence electrons. The summed E-state index contributed by atoms with van der Waals surface area (Å²) in [5.74, 6) is -0.330. The largest absolute Gasteiger partial charge is 0.523 e. The highest BCUT2D eigenvalue weighted by atomic mass is 32.2. The van der Waals surface area contributed by atoms with E-state index in [2.05, 4.69) is 4.74 Å². The lowest BCUT2D eigenvalue weighted by atomic mass is 11.3. The molecular weight excluding hydrogens is 141 g/mol. The van der Waals surface area contributed by atoms with Gasteiger partial charge in [0.1, 0.15) is 5.94 Å². The van der Waals surface area contributed by atoms with Gasteiger partial charge in [-0.25, -0.2) is 0 Å². The highest BCUT2D eigenvalue weighted by molar-refractivity contribution is 7.98. The van der Waals surface area contributed by atoms with Crippen LogP contribution in [-0.2, 0) is 4.74 Å². The summed E-state index contributed by atoms with van der Waals surface area (Å²) < 4.78 is 36.4. The van der Waals surface area contributed by atoms with E-state index in [0.29, 0.717) is 0 Å². The SMILES string of the molecule is CSCOC(F)(F)F. The van der Waals surface area contributed by atoms with Crippen LogP contribution in [0.25, 0.3) is 0 Å². The fraction of sp³-hybridized carbons (Fsp3) is 1.00. The lowest BCUT2D eigenvalue weighted by molar-refractivity contribution is -0.315. The quantitative estimate of drug-likeness (QED) is 0.550. The molecule has 0 aliphatic carbocycles. The van der Waals surface area contributed by atoms with E-state index in [9.17, 15) is 13.2 Å². The van der Waals surface area contributed by atoms with Gasteiger partial charge in [0.15, 0.2) is 0 Å². The normalized spacial score (nSPS) is 12.0. The van der Waals surface area contributed by atoms with Gasteiger partial charge in [0.2, 0.25) is 0 Å². The minimum absolute atomic E-state index is 0.330. The van der Waals surface area contributed by atoms with Crippen molar-refractivity contribution < 1.29 is 17.9 Å². The maximum atomic E-state index is 11.0. The first-order chi connectivity index (χ1) is 3.56. The van der Waals surface area contributed by atoms with E-state index in [1.54, 1.807) is 0 Å². The standard InChI is InChI=1S/C3H5F3OS/c1-8-2-7-3(4,5)6/h2H2,1H3. The van der Waals surface area contributed by atoms with E-state index < -0.39 is 6.36 Å². The molecule has 0 spiro atoms. The van der Waals surface area contributed by atoms with Gasteiger partial charge in [-0.15, -0.1) is 24.9 Å². The fourth-order valence-corrected chi connectivity index (χ4v) is 0.377. The minimum atomic E-state index is -4.47. The molecule has 0 aromatic rings. The molecule has 0 aromatic heterocycles. The van der Waals surface area contributed by atoms with Crippen LogP contribution in [0, 0.1) is 0 Å². The fourth-order valence-electron chi connectivity index (χ4n) is 0.126. The summed E-state index contributed by atoms with van der Waals surface area (Å²) >= 11 is 0.986. The van der Waals surface area contributed by atoms with Crippen LogP contribution in [-0.4, -0.2) is 18.6 Å². The molecule has 0 N–H and O–H groups in total. The molecule has 0 atom stereocenters. The number of halogens is 3. The third kappa shape index (κ3) is 6.10. The van der Waals surface area contributed by atoms with Gasteiger partial charge < -0.3 is 0 Å². The van der Waals surface area contributed by atoms with Crippen LogP contribution in [0.3, 0.4) is 0 Å². The highest BCUT2D eigenvalue weighted by Gasteiger charge is 2.28. The summed E-state index contributed by atoms with van der Waals surface area (Å²) in [6.07, 6.45) is -2.94. The number of ether oxygens (including phenoxy) is 1. The van der Waals surface area contributed by atoms with Crippen LogP contribution in [0.4, 0.5) is 13.2 Å². The van der Waals surface area contributed by atoms with Crippen LogP contribution in [0.5, 0.6) is 0 Å². The van der Waals surface area contributed by atoms with Crippen molar-refractivity contribution in [3.8, 4) is 0 Å². The second-order valence-corrected chi connectivity index (χ2v) is 1.81. The topological polar surface area (TPSA) is 9.23 Å². The summed E-state index contributed by atoms with van der Waals surface area (Å²) in [5.41, 5.74) is 0. The molecule has 0 aliphatic rings. The van der Waals surface area contributed by atoms with Gasteiger partial charge in [0, 0.05) is 0 Å². The molecule has 0 unspecified atom stereocenters. The van der Waals surface area contributed by atoms with Gasteiger partial charge in [0.05, 0.1) is 0 Å². The molecule has 0 amide bonds. The predicted octanol–water partition coefficient (Wildman–Crippen LogP) is 1.84. The summed E-state index contributed by atoms with van der Waals surface area (Å²) in [5, 5.41) is 0. The molecule has 5 heteroatoms. The second-order valence-electron chi connectivity index (χ2n) is 0.997. The highest BCUT2D eigenvalue weighted by Crippen LogP contribution is 2.17. The Bertz CT molecular complexity index is 62.0. The maximum absolute atomic E-state index is 11.0. The zero-order valence-corrected chi connectivity index (χ0v) is 4.97. The molecule has 0 aromatic carbocycles. The molecule has 0 bridgehead atoms. The molecule has 8 heavy (non-hydrogen) atoms. The molecule has 0 radical (unpaired) electrons. The Hall–Kier alpha value is 0.100. The average Bonchev–Trinajstić information content (AvgIpc) is 1.59. The van der Waals surface area contributed by atoms with Crippen molar-refractivity contribution in [1.29, 1.82) is 0 Å².